The summed E-state index contributed by atoms with van der Waals surface area (Å²) in [6.45, 7) is 2.94. The minimum atomic E-state index is -4.04. The summed E-state index contributed by atoms with van der Waals surface area (Å²) in [4.78, 5) is 0. The average molecular weight is 139 g/mol. The van der Waals surface area contributed by atoms with E-state index in [9.17, 15) is 8.42 Å². The van der Waals surface area contributed by atoms with Crippen molar-refractivity contribution in [1.29, 1.82) is 0 Å². The Balaban J connectivity index is 3.75. The second-order valence-electron chi connectivity index (χ2n) is 1.40. The first-order valence-electron chi connectivity index (χ1n) is 1.88. The fraction of sp³-hybridized carbons (Fsp3) is 0.667. The summed E-state index contributed by atoms with van der Waals surface area (Å²) in [5.41, 5.74) is 0. The first-order chi connectivity index (χ1) is 3.42. The third kappa shape index (κ3) is 5.87. The number of aliphatic hydroxyl groups is 1. The SMILES string of the molecule is [CH2]C(O)CS(=O)(=O)O. The summed E-state index contributed by atoms with van der Waals surface area (Å²) >= 11 is 0. The average Bonchev–Trinajstić information content (AvgIpc) is 1.21. The van der Waals surface area contributed by atoms with Crippen LogP contribution in [0.1, 0.15) is 0 Å². The quantitative estimate of drug-likeness (QED) is 0.485. The molecule has 0 bridgehead atoms. The Bertz CT molecular complexity index is 145. The molecule has 0 aliphatic heterocycles. The fourth-order valence-corrected chi connectivity index (χ4v) is 0.729. The molecule has 0 amide bonds. The lowest BCUT2D eigenvalue weighted by Gasteiger charge is -1.96. The van der Waals surface area contributed by atoms with Gasteiger partial charge >= 0.3 is 0 Å². The highest BCUT2D eigenvalue weighted by Crippen LogP contribution is 1.85. The molecular weight excluding hydrogens is 132 g/mol. The van der Waals surface area contributed by atoms with Crippen LogP contribution in [0.15, 0.2) is 0 Å². The van der Waals surface area contributed by atoms with Crippen LogP contribution >= 0.6 is 0 Å². The molecule has 2 N–H and O–H groups in total. The molecule has 5 heteroatoms. The van der Waals surface area contributed by atoms with Crippen molar-refractivity contribution >= 4 is 10.1 Å². The van der Waals surface area contributed by atoms with Gasteiger partial charge in [0.1, 0.15) is 5.75 Å². The normalized spacial score (nSPS) is 15.9. The molecule has 1 atom stereocenters. The van der Waals surface area contributed by atoms with E-state index in [4.69, 9.17) is 9.66 Å². The van der Waals surface area contributed by atoms with Crippen molar-refractivity contribution < 1.29 is 18.1 Å². The third-order valence-electron chi connectivity index (χ3n) is 0.403. The molecule has 4 nitrogen and oxygen atoms in total. The van der Waals surface area contributed by atoms with Gasteiger partial charge in [0.25, 0.3) is 10.1 Å². The lowest BCUT2D eigenvalue weighted by molar-refractivity contribution is 0.240. The Morgan fingerprint density at radius 2 is 2.00 bits per heavy atom. The van der Waals surface area contributed by atoms with Gasteiger partial charge in [-0.05, 0) is 6.92 Å². The monoisotopic (exact) mass is 139 g/mol. The number of aliphatic hydroxyl groups excluding tert-OH is 1. The first kappa shape index (κ1) is 7.87. The Morgan fingerprint density at radius 3 is 2.00 bits per heavy atom. The highest BCUT2D eigenvalue weighted by atomic mass is 32.2. The molecule has 0 aromatic carbocycles. The van der Waals surface area contributed by atoms with Crippen molar-refractivity contribution in [2.24, 2.45) is 0 Å². The van der Waals surface area contributed by atoms with E-state index in [1.165, 1.54) is 0 Å². The van der Waals surface area contributed by atoms with Crippen LogP contribution < -0.4 is 0 Å². The van der Waals surface area contributed by atoms with Crippen LogP contribution in [0.5, 0.6) is 0 Å². The summed E-state index contributed by atoms with van der Waals surface area (Å²) in [6.07, 6.45) is -1.25. The standard InChI is InChI=1S/C3H7O4S/c1-3(4)2-8(5,6)7/h3-4H,1-2H2,(H,5,6,7). The predicted molar refractivity (Wildman–Crippen MR) is 27.8 cm³/mol. The summed E-state index contributed by atoms with van der Waals surface area (Å²) in [5.74, 6) is -0.701. The van der Waals surface area contributed by atoms with Crippen molar-refractivity contribution in [3.05, 3.63) is 6.92 Å². The van der Waals surface area contributed by atoms with E-state index in [0.29, 0.717) is 0 Å². The van der Waals surface area contributed by atoms with Gasteiger partial charge in [-0.1, -0.05) is 0 Å². The fourth-order valence-electron chi connectivity index (χ4n) is 0.243. The van der Waals surface area contributed by atoms with Crippen molar-refractivity contribution in [2.45, 2.75) is 6.10 Å². The lowest BCUT2D eigenvalue weighted by atomic mass is 10.5. The number of hydrogen-bond donors (Lipinski definition) is 2. The molecular formula is C3H7O4S. The van der Waals surface area contributed by atoms with Gasteiger partial charge in [0.2, 0.25) is 0 Å². The molecule has 0 fully saturated rings. The molecule has 49 valence electrons. The molecule has 0 saturated carbocycles. The van der Waals surface area contributed by atoms with Crippen molar-refractivity contribution in [3.63, 3.8) is 0 Å². The molecule has 0 heterocycles. The highest BCUT2D eigenvalue weighted by Gasteiger charge is 2.07. The van der Waals surface area contributed by atoms with E-state index in [1.807, 2.05) is 0 Å². The van der Waals surface area contributed by atoms with Gasteiger partial charge in [-0.3, -0.25) is 4.55 Å². The minimum Gasteiger partial charge on any atom is -0.392 e. The van der Waals surface area contributed by atoms with Crippen LogP contribution in [-0.2, 0) is 10.1 Å². The predicted octanol–water partition coefficient (Wildman–Crippen LogP) is -0.931. The largest absolute Gasteiger partial charge is 0.392 e. The van der Waals surface area contributed by atoms with Gasteiger partial charge in [0, 0.05) is 0 Å². The van der Waals surface area contributed by atoms with Gasteiger partial charge < -0.3 is 5.11 Å². The van der Waals surface area contributed by atoms with Crippen molar-refractivity contribution in [1.82, 2.24) is 0 Å². The summed E-state index contributed by atoms with van der Waals surface area (Å²) in [6, 6.07) is 0. The van der Waals surface area contributed by atoms with Gasteiger partial charge in [0.15, 0.2) is 0 Å². The Kier molecular flexibility index (Phi) is 2.39. The van der Waals surface area contributed by atoms with Crippen molar-refractivity contribution in [3.8, 4) is 0 Å². The van der Waals surface area contributed by atoms with Gasteiger partial charge in [0.05, 0.1) is 6.10 Å². The molecule has 8 heavy (non-hydrogen) atoms. The molecule has 1 radical (unpaired) electrons. The van der Waals surface area contributed by atoms with Crippen LogP contribution in [-0.4, -0.2) is 29.9 Å². The molecule has 0 spiro atoms. The number of hydrogen-bond acceptors (Lipinski definition) is 3. The van der Waals surface area contributed by atoms with Crippen LogP contribution in [0.25, 0.3) is 0 Å². The minimum absolute atomic E-state index is 0.701. The van der Waals surface area contributed by atoms with Crippen LogP contribution in [0, 0.1) is 6.92 Å². The molecule has 0 rings (SSSR count). The molecule has 0 aliphatic rings. The van der Waals surface area contributed by atoms with E-state index in [0.717, 1.165) is 0 Å². The first-order valence-corrected chi connectivity index (χ1v) is 3.49. The smallest absolute Gasteiger partial charge is 0.267 e. The maximum absolute atomic E-state index is 9.80. The molecule has 0 aliphatic carbocycles. The van der Waals surface area contributed by atoms with E-state index in [1.54, 1.807) is 0 Å². The molecule has 0 aromatic heterocycles. The van der Waals surface area contributed by atoms with E-state index < -0.39 is 22.0 Å². The third-order valence-corrected chi connectivity index (χ3v) is 1.21. The molecule has 0 saturated heterocycles. The van der Waals surface area contributed by atoms with Crippen LogP contribution in [0.2, 0.25) is 0 Å². The second kappa shape index (κ2) is 2.43. The summed E-state index contributed by atoms with van der Waals surface area (Å²) < 4.78 is 27.6. The van der Waals surface area contributed by atoms with E-state index >= 15 is 0 Å². The Labute approximate surface area is 47.9 Å². The Morgan fingerprint density at radius 1 is 1.62 bits per heavy atom. The Hall–Kier alpha value is -0.130. The van der Waals surface area contributed by atoms with Gasteiger partial charge in [-0.25, -0.2) is 0 Å². The maximum Gasteiger partial charge on any atom is 0.267 e. The van der Waals surface area contributed by atoms with Crippen LogP contribution in [0.4, 0.5) is 0 Å². The summed E-state index contributed by atoms with van der Waals surface area (Å²) in [7, 11) is -4.04. The van der Waals surface area contributed by atoms with Gasteiger partial charge in [-0.15, -0.1) is 0 Å². The maximum atomic E-state index is 9.80. The van der Waals surface area contributed by atoms with Gasteiger partial charge in [-0.2, -0.15) is 8.42 Å². The zero-order valence-electron chi connectivity index (χ0n) is 4.11. The van der Waals surface area contributed by atoms with E-state index in [-0.39, 0.29) is 0 Å². The zero-order valence-corrected chi connectivity index (χ0v) is 4.93. The van der Waals surface area contributed by atoms with E-state index in [2.05, 4.69) is 6.92 Å². The highest BCUT2D eigenvalue weighted by molar-refractivity contribution is 7.85. The lowest BCUT2D eigenvalue weighted by Crippen LogP contribution is -2.16. The number of rotatable bonds is 2. The molecule has 0 aromatic rings. The van der Waals surface area contributed by atoms with Crippen LogP contribution in [0.3, 0.4) is 0 Å². The molecule has 1 unspecified atom stereocenters. The second-order valence-corrected chi connectivity index (χ2v) is 2.90. The summed E-state index contributed by atoms with van der Waals surface area (Å²) in [5, 5.41) is 8.24. The zero-order chi connectivity index (χ0) is 6.78. The topological polar surface area (TPSA) is 74.6 Å². The van der Waals surface area contributed by atoms with Crippen molar-refractivity contribution in [2.75, 3.05) is 5.75 Å².